The molecule has 1 N–H and O–H groups in total. The average Bonchev–Trinajstić information content (AvgIpc) is 2.01. The topological polar surface area (TPSA) is 38.7 Å². The van der Waals surface area contributed by atoms with Gasteiger partial charge in [0.2, 0.25) is 0 Å². The van der Waals surface area contributed by atoms with E-state index in [0.717, 1.165) is 0 Å². The fourth-order valence-corrected chi connectivity index (χ4v) is 1.60. The van der Waals surface area contributed by atoms with Crippen LogP contribution in [0.2, 0.25) is 0 Å². The number of hydrogen-bond acceptors (Lipinski definition) is 3. The Hall–Kier alpha value is -0.120. The summed E-state index contributed by atoms with van der Waals surface area (Å²) in [5, 5.41) is 10.1. The third kappa shape index (κ3) is 3.63. The summed E-state index contributed by atoms with van der Waals surface area (Å²) in [5.41, 5.74) is -0.665. The Morgan fingerprint density at radius 1 is 1.62 bits per heavy atom. The van der Waals surface area contributed by atoms with Gasteiger partial charge >= 0.3 is 0 Å². The zero-order chi connectivity index (χ0) is 9.90. The molecule has 1 aliphatic heterocycles. The van der Waals surface area contributed by atoms with E-state index in [0.29, 0.717) is 26.1 Å². The standard InChI is InChI=1S/C10H20O3/c1-8(2)13-7-10(11)4-5-12-9(3)6-10/h8-9,11H,4-7H2,1-3H3. The molecule has 1 aliphatic rings. The molecule has 13 heavy (non-hydrogen) atoms. The summed E-state index contributed by atoms with van der Waals surface area (Å²) in [6.07, 6.45) is 1.70. The SMILES string of the molecule is CC(C)OCC1(O)CCOC(C)C1. The molecule has 0 aromatic heterocycles. The second kappa shape index (κ2) is 4.40. The molecule has 0 spiro atoms. The molecule has 0 radical (unpaired) electrons. The van der Waals surface area contributed by atoms with Crippen LogP contribution in [0.1, 0.15) is 33.6 Å². The predicted octanol–water partition coefficient (Wildman–Crippen LogP) is 1.34. The minimum absolute atomic E-state index is 0.148. The van der Waals surface area contributed by atoms with Gasteiger partial charge < -0.3 is 14.6 Å². The largest absolute Gasteiger partial charge is 0.387 e. The van der Waals surface area contributed by atoms with Gasteiger partial charge in [0, 0.05) is 19.4 Å². The van der Waals surface area contributed by atoms with Crippen LogP contribution >= 0.6 is 0 Å². The Kier molecular flexibility index (Phi) is 3.71. The first-order valence-electron chi connectivity index (χ1n) is 4.97. The lowest BCUT2D eigenvalue weighted by Gasteiger charge is -2.35. The molecule has 0 amide bonds. The van der Waals surface area contributed by atoms with Gasteiger partial charge in [-0.1, -0.05) is 0 Å². The van der Waals surface area contributed by atoms with Crippen molar-refractivity contribution < 1.29 is 14.6 Å². The van der Waals surface area contributed by atoms with Crippen LogP contribution in [0.25, 0.3) is 0 Å². The maximum absolute atomic E-state index is 10.1. The summed E-state index contributed by atoms with van der Waals surface area (Å²) in [6.45, 7) is 7.01. The van der Waals surface area contributed by atoms with Crippen molar-refractivity contribution in [2.75, 3.05) is 13.2 Å². The molecule has 78 valence electrons. The summed E-state index contributed by atoms with van der Waals surface area (Å²) < 4.78 is 10.8. The van der Waals surface area contributed by atoms with Crippen molar-refractivity contribution in [3.63, 3.8) is 0 Å². The molecule has 2 atom stereocenters. The lowest BCUT2D eigenvalue weighted by Crippen LogP contribution is -2.44. The van der Waals surface area contributed by atoms with Crippen molar-refractivity contribution in [2.45, 2.75) is 51.4 Å². The lowest BCUT2D eigenvalue weighted by atomic mass is 9.92. The molecule has 3 nitrogen and oxygen atoms in total. The Morgan fingerprint density at radius 2 is 2.31 bits per heavy atom. The van der Waals surface area contributed by atoms with Crippen molar-refractivity contribution in [3.05, 3.63) is 0 Å². The van der Waals surface area contributed by atoms with Crippen LogP contribution in [-0.4, -0.2) is 36.1 Å². The molecule has 0 saturated carbocycles. The van der Waals surface area contributed by atoms with Crippen LogP contribution in [0.15, 0.2) is 0 Å². The van der Waals surface area contributed by atoms with Crippen LogP contribution in [0.4, 0.5) is 0 Å². The second-order valence-electron chi connectivity index (χ2n) is 4.22. The molecular formula is C10H20O3. The van der Waals surface area contributed by atoms with E-state index in [1.54, 1.807) is 0 Å². The molecule has 0 aromatic rings. The molecular weight excluding hydrogens is 168 g/mol. The minimum Gasteiger partial charge on any atom is -0.387 e. The van der Waals surface area contributed by atoms with Crippen LogP contribution < -0.4 is 0 Å². The van der Waals surface area contributed by atoms with E-state index in [2.05, 4.69) is 0 Å². The van der Waals surface area contributed by atoms with E-state index in [-0.39, 0.29) is 12.2 Å². The minimum atomic E-state index is -0.665. The summed E-state index contributed by atoms with van der Waals surface area (Å²) >= 11 is 0. The van der Waals surface area contributed by atoms with Crippen molar-refractivity contribution >= 4 is 0 Å². The molecule has 0 bridgehead atoms. The Labute approximate surface area is 80.0 Å². The smallest absolute Gasteiger partial charge is 0.0926 e. The van der Waals surface area contributed by atoms with Gasteiger partial charge in [-0.3, -0.25) is 0 Å². The molecule has 1 heterocycles. The van der Waals surface area contributed by atoms with Gasteiger partial charge in [0.25, 0.3) is 0 Å². The molecule has 1 fully saturated rings. The summed E-state index contributed by atoms with van der Waals surface area (Å²) in [4.78, 5) is 0. The van der Waals surface area contributed by atoms with Gasteiger partial charge in [0.05, 0.1) is 24.4 Å². The van der Waals surface area contributed by atoms with E-state index in [4.69, 9.17) is 9.47 Å². The van der Waals surface area contributed by atoms with Gasteiger partial charge in [-0.2, -0.15) is 0 Å². The van der Waals surface area contributed by atoms with Crippen molar-refractivity contribution in [1.29, 1.82) is 0 Å². The molecule has 0 aliphatic carbocycles. The van der Waals surface area contributed by atoms with Gasteiger partial charge in [-0.05, 0) is 20.8 Å². The molecule has 1 saturated heterocycles. The average molecular weight is 188 g/mol. The third-order valence-corrected chi connectivity index (χ3v) is 2.32. The zero-order valence-electron chi connectivity index (χ0n) is 8.75. The molecule has 3 heteroatoms. The van der Waals surface area contributed by atoms with E-state index in [1.165, 1.54) is 0 Å². The van der Waals surface area contributed by atoms with Crippen LogP contribution in [0.3, 0.4) is 0 Å². The lowest BCUT2D eigenvalue weighted by molar-refractivity contribution is -0.138. The van der Waals surface area contributed by atoms with E-state index in [9.17, 15) is 5.11 Å². The maximum Gasteiger partial charge on any atom is 0.0926 e. The second-order valence-corrected chi connectivity index (χ2v) is 4.22. The first-order chi connectivity index (χ1) is 6.02. The van der Waals surface area contributed by atoms with Gasteiger partial charge in [-0.15, -0.1) is 0 Å². The van der Waals surface area contributed by atoms with Crippen LogP contribution in [-0.2, 0) is 9.47 Å². The Balaban J connectivity index is 2.35. The number of aliphatic hydroxyl groups is 1. The highest BCUT2D eigenvalue weighted by Crippen LogP contribution is 2.25. The monoisotopic (exact) mass is 188 g/mol. The normalized spacial score (nSPS) is 35.3. The maximum atomic E-state index is 10.1. The Bertz CT molecular complexity index is 158. The third-order valence-electron chi connectivity index (χ3n) is 2.32. The van der Waals surface area contributed by atoms with Gasteiger partial charge in [0.1, 0.15) is 0 Å². The van der Waals surface area contributed by atoms with Crippen LogP contribution in [0.5, 0.6) is 0 Å². The highest BCUT2D eigenvalue weighted by molar-refractivity contribution is 4.84. The summed E-state index contributed by atoms with van der Waals surface area (Å²) in [5.74, 6) is 0. The predicted molar refractivity (Wildman–Crippen MR) is 50.7 cm³/mol. The Morgan fingerprint density at radius 3 is 2.85 bits per heavy atom. The number of hydrogen-bond donors (Lipinski definition) is 1. The first kappa shape index (κ1) is 11.0. The first-order valence-corrected chi connectivity index (χ1v) is 4.97. The fourth-order valence-electron chi connectivity index (χ4n) is 1.60. The molecule has 2 unspecified atom stereocenters. The molecule has 1 rings (SSSR count). The van der Waals surface area contributed by atoms with E-state index in [1.807, 2.05) is 20.8 Å². The number of rotatable bonds is 3. The van der Waals surface area contributed by atoms with Gasteiger partial charge in [-0.25, -0.2) is 0 Å². The van der Waals surface area contributed by atoms with Crippen molar-refractivity contribution in [1.82, 2.24) is 0 Å². The quantitative estimate of drug-likeness (QED) is 0.726. The number of ether oxygens (including phenoxy) is 2. The highest BCUT2D eigenvalue weighted by atomic mass is 16.5. The summed E-state index contributed by atoms with van der Waals surface area (Å²) in [6, 6.07) is 0. The fraction of sp³-hybridized carbons (Fsp3) is 1.00. The van der Waals surface area contributed by atoms with Crippen LogP contribution in [0, 0.1) is 0 Å². The van der Waals surface area contributed by atoms with E-state index < -0.39 is 5.60 Å². The van der Waals surface area contributed by atoms with Gasteiger partial charge in [0.15, 0.2) is 0 Å². The van der Waals surface area contributed by atoms with E-state index >= 15 is 0 Å². The van der Waals surface area contributed by atoms with Crippen molar-refractivity contribution in [3.8, 4) is 0 Å². The molecule has 0 aromatic carbocycles. The zero-order valence-corrected chi connectivity index (χ0v) is 8.75. The summed E-state index contributed by atoms with van der Waals surface area (Å²) in [7, 11) is 0. The van der Waals surface area contributed by atoms with Crippen molar-refractivity contribution in [2.24, 2.45) is 0 Å². The highest BCUT2D eigenvalue weighted by Gasteiger charge is 2.33.